The second-order valence-electron chi connectivity index (χ2n) is 10.7. The molecule has 36 heavy (non-hydrogen) atoms. The number of aromatic nitrogens is 3. The van der Waals surface area contributed by atoms with Crippen LogP contribution in [0.15, 0.2) is 36.5 Å². The largest absolute Gasteiger partial charge is 0.492 e. The van der Waals surface area contributed by atoms with Gasteiger partial charge in [-0.3, -0.25) is 9.80 Å². The summed E-state index contributed by atoms with van der Waals surface area (Å²) in [5, 5.41) is 10.3. The Hall–Kier alpha value is -2.95. The molecule has 2 aliphatic rings. The number of ether oxygens (including phenoxy) is 1. The first-order valence-electron chi connectivity index (χ1n) is 13.5. The first-order valence-corrected chi connectivity index (χ1v) is 13.5. The minimum Gasteiger partial charge on any atom is -0.492 e. The van der Waals surface area contributed by atoms with Crippen molar-refractivity contribution >= 4 is 11.0 Å². The molecule has 0 bridgehead atoms. The number of benzene rings is 1. The molecule has 0 radical (unpaired) electrons. The van der Waals surface area contributed by atoms with Gasteiger partial charge in [-0.2, -0.15) is 5.26 Å². The Morgan fingerprint density at radius 1 is 1.06 bits per heavy atom. The molecule has 0 atom stereocenters. The van der Waals surface area contributed by atoms with E-state index in [0.29, 0.717) is 11.8 Å². The molecule has 0 amide bonds. The summed E-state index contributed by atoms with van der Waals surface area (Å²) in [6.07, 6.45) is 6.77. The van der Waals surface area contributed by atoms with Gasteiger partial charge < -0.3 is 9.30 Å². The van der Waals surface area contributed by atoms with E-state index in [9.17, 15) is 5.26 Å². The highest BCUT2D eigenvalue weighted by Gasteiger charge is 2.23. The van der Waals surface area contributed by atoms with Crippen LogP contribution in [0.3, 0.4) is 0 Å². The normalized spacial score (nSPS) is 17.7. The molecule has 5 rings (SSSR count). The van der Waals surface area contributed by atoms with E-state index in [1.165, 1.54) is 37.2 Å². The molecule has 2 saturated heterocycles. The highest BCUT2D eigenvalue weighted by atomic mass is 16.5. The first kappa shape index (κ1) is 24.7. The van der Waals surface area contributed by atoms with Crippen molar-refractivity contribution in [1.29, 1.82) is 5.26 Å². The van der Waals surface area contributed by atoms with E-state index in [2.05, 4.69) is 74.6 Å². The Morgan fingerprint density at radius 3 is 2.50 bits per heavy atom. The zero-order chi connectivity index (χ0) is 24.9. The summed E-state index contributed by atoms with van der Waals surface area (Å²) < 4.78 is 8.28. The van der Waals surface area contributed by atoms with E-state index in [4.69, 9.17) is 4.74 Å². The molecule has 0 aliphatic carbocycles. The number of nitrogens with zero attached hydrogens (tertiary/aromatic N) is 6. The number of fused-ring (bicyclic) bond motifs is 1. The smallest absolute Gasteiger partial charge is 0.234 e. The van der Waals surface area contributed by atoms with Gasteiger partial charge >= 0.3 is 0 Å². The molecule has 7 nitrogen and oxygen atoms in total. The van der Waals surface area contributed by atoms with Crippen LogP contribution in [0.1, 0.15) is 62.5 Å². The van der Waals surface area contributed by atoms with Crippen LogP contribution in [0.25, 0.3) is 11.0 Å². The Kier molecular flexibility index (Phi) is 7.84. The topological polar surface area (TPSA) is 70.2 Å². The van der Waals surface area contributed by atoms with Gasteiger partial charge in [0.25, 0.3) is 0 Å². The molecule has 2 fully saturated rings. The van der Waals surface area contributed by atoms with Crippen molar-refractivity contribution in [3.63, 3.8) is 0 Å². The summed E-state index contributed by atoms with van der Waals surface area (Å²) in [7, 11) is 0. The first-order chi connectivity index (χ1) is 17.6. The van der Waals surface area contributed by atoms with Crippen molar-refractivity contribution in [2.75, 3.05) is 39.3 Å². The zero-order valence-corrected chi connectivity index (χ0v) is 21.7. The average Bonchev–Trinajstić information content (AvgIpc) is 3.53. The van der Waals surface area contributed by atoms with Crippen LogP contribution in [0, 0.1) is 17.2 Å². The van der Waals surface area contributed by atoms with Gasteiger partial charge in [-0.05, 0) is 87.5 Å². The quantitative estimate of drug-likeness (QED) is 0.432. The number of likely N-dealkylation sites (tertiary alicyclic amines) is 2. The summed E-state index contributed by atoms with van der Waals surface area (Å²) in [5.41, 5.74) is 3.56. The Morgan fingerprint density at radius 2 is 1.81 bits per heavy atom. The van der Waals surface area contributed by atoms with Gasteiger partial charge in [0.1, 0.15) is 24.1 Å². The Bertz CT molecular complexity index is 1180. The summed E-state index contributed by atoms with van der Waals surface area (Å²) in [6, 6.07) is 13.1. The molecule has 190 valence electrons. The van der Waals surface area contributed by atoms with Crippen molar-refractivity contribution in [3.8, 4) is 11.8 Å². The van der Waals surface area contributed by atoms with Crippen molar-refractivity contribution in [1.82, 2.24) is 24.3 Å². The fourth-order valence-electron chi connectivity index (χ4n) is 5.64. The lowest BCUT2D eigenvalue weighted by Gasteiger charge is -2.32. The van der Waals surface area contributed by atoms with Crippen molar-refractivity contribution in [2.45, 2.75) is 58.5 Å². The third kappa shape index (κ3) is 5.88. The molecule has 7 heteroatoms. The van der Waals surface area contributed by atoms with Crippen LogP contribution in [0.2, 0.25) is 0 Å². The van der Waals surface area contributed by atoms with Gasteiger partial charge in [-0.15, -0.1) is 0 Å². The number of hydrogen-bond donors (Lipinski definition) is 0. The molecule has 0 saturated carbocycles. The fourth-order valence-corrected chi connectivity index (χ4v) is 5.64. The van der Waals surface area contributed by atoms with Crippen molar-refractivity contribution in [2.24, 2.45) is 5.92 Å². The van der Waals surface area contributed by atoms with Crippen molar-refractivity contribution in [3.05, 3.63) is 53.6 Å². The van der Waals surface area contributed by atoms with E-state index in [-0.39, 0.29) is 5.82 Å². The summed E-state index contributed by atoms with van der Waals surface area (Å²) >= 11 is 0. The van der Waals surface area contributed by atoms with Gasteiger partial charge in [0.05, 0.1) is 0 Å². The number of piperidine rings is 1. The molecule has 0 unspecified atom stereocenters. The van der Waals surface area contributed by atoms with E-state index < -0.39 is 0 Å². The summed E-state index contributed by atoms with van der Waals surface area (Å²) in [4.78, 5) is 13.7. The maximum Gasteiger partial charge on any atom is 0.234 e. The minimum absolute atomic E-state index is 0.237. The minimum atomic E-state index is 0.237. The van der Waals surface area contributed by atoms with Gasteiger partial charge in [0.2, 0.25) is 5.82 Å². The molecular weight excluding hydrogens is 448 g/mol. The highest BCUT2D eigenvalue weighted by Crippen LogP contribution is 2.30. The Labute approximate surface area is 214 Å². The summed E-state index contributed by atoms with van der Waals surface area (Å²) in [6.45, 7) is 12.6. The van der Waals surface area contributed by atoms with Crippen LogP contribution in [-0.2, 0) is 13.1 Å². The maximum atomic E-state index is 9.25. The third-order valence-corrected chi connectivity index (χ3v) is 7.57. The number of nitriles is 1. The molecule has 2 aromatic heterocycles. The van der Waals surface area contributed by atoms with E-state index in [1.54, 1.807) is 6.20 Å². The lowest BCUT2D eigenvalue weighted by atomic mass is 9.89. The Balaban J connectivity index is 1.16. The van der Waals surface area contributed by atoms with E-state index >= 15 is 0 Å². The van der Waals surface area contributed by atoms with E-state index in [1.807, 2.05) is 0 Å². The average molecular weight is 487 g/mol. The summed E-state index contributed by atoms with van der Waals surface area (Å²) in [5.74, 6) is 2.32. The SMILES string of the molecule is CC(C)Cn1c(CN2CCC(c3ccc(OCCN4CCCC4)cc3)CC2)cc2cnc(C#N)nc21. The second kappa shape index (κ2) is 11.4. The molecule has 1 aromatic carbocycles. The number of hydrogen-bond acceptors (Lipinski definition) is 6. The van der Waals surface area contributed by atoms with Crippen molar-refractivity contribution < 1.29 is 4.74 Å². The molecular formula is C29H38N6O. The van der Waals surface area contributed by atoms with Crippen LogP contribution < -0.4 is 4.74 Å². The van der Waals surface area contributed by atoms with Crippen LogP contribution in [0.5, 0.6) is 5.75 Å². The standard InChI is InChI=1S/C29H38N6O/c1-22(2)20-35-26(17-25-19-31-28(18-30)32-29(25)35)21-34-13-9-24(10-14-34)23-5-7-27(8-6-23)36-16-15-33-11-3-4-12-33/h5-8,17,19,22,24H,3-4,9-16,20-21H2,1-2H3. The predicted molar refractivity (Wildman–Crippen MR) is 142 cm³/mol. The molecule has 3 aromatic rings. The lowest BCUT2D eigenvalue weighted by Crippen LogP contribution is -2.33. The monoisotopic (exact) mass is 486 g/mol. The van der Waals surface area contributed by atoms with Gasteiger partial charge in [0.15, 0.2) is 0 Å². The van der Waals surface area contributed by atoms with E-state index in [0.717, 1.165) is 69.0 Å². The third-order valence-electron chi connectivity index (χ3n) is 7.57. The lowest BCUT2D eigenvalue weighted by molar-refractivity contribution is 0.200. The van der Waals surface area contributed by atoms with Crippen LogP contribution in [-0.4, -0.2) is 63.7 Å². The number of rotatable bonds is 9. The van der Waals surface area contributed by atoms with Gasteiger partial charge in [0, 0.05) is 36.9 Å². The molecule has 0 N–H and O–H groups in total. The van der Waals surface area contributed by atoms with Gasteiger partial charge in [-0.1, -0.05) is 26.0 Å². The molecule has 2 aliphatic heterocycles. The predicted octanol–water partition coefficient (Wildman–Crippen LogP) is 4.81. The zero-order valence-electron chi connectivity index (χ0n) is 21.7. The van der Waals surface area contributed by atoms with Crippen LogP contribution in [0.4, 0.5) is 0 Å². The maximum absolute atomic E-state index is 9.25. The van der Waals surface area contributed by atoms with Gasteiger partial charge in [-0.25, -0.2) is 9.97 Å². The van der Waals surface area contributed by atoms with Crippen LogP contribution >= 0.6 is 0 Å². The highest BCUT2D eigenvalue weighted by molar-refractivity contribution is 5.77. The molecule has 0 spiro atoms. The second-order valence-corrected chi connectivity index (χ2v) is 10.7. The fraction of sp³-hybridized carbons (Fsp3) is 0.552. The molecule has 4 heterocycles.